The van der Waals surface area contributed by atoms with E-state index in [1.165, 1.54) is 5.56 Å². The van der Waals surface area contributed by atoms with Gasteiger partial charge in [-0.05, 0) is 39.2 Å². The van der Waals surface area contributed by atoms with Gasteiger partial charge in [0, 0.05) is 49.2 Å². The van der Waals surface area contributed by atoms with Gasteiger partial charge in [0.2, 0.25) is 5.91 Å². The van der Waals surface area contributed by atoms with E-state index in [0.717, 1.165) is 67.4 Å². The van der Waals surface area contributed by atoms with Crippen molar-refractivity contribution in [2.75, 3.05) is 13.1 Å². The predicted octanol–water partition coefficient (Wildman–Crippen LogP) is 1.61. The molecule has 0 aromatic carbocycles. The van der Waals surface area contributed by atoms with Gasteiger partial charge >= 0.3 is 0 Å². The zero-order valence-corrected chi connectivity index (χ0v) is 15.7. The zero-order chi connectivity index (χ0) is 18.3. The van der Waals surface area contributed by atoms with Crippen molar-refractivity contribution in [3.05, 3.63) is 40.2 Å². The molecule has 0 saturated carbocycles. The highest BCUT2D eigenvalue weighted by atomic mass is 16.2. The summed E-state index contributed by atoms with van der Waals surface area (Å²) in [6.07, 6.45) is 4.78. The van der Waals surface area contributed by atoms with Gasteiger partial charge in [0.1, 0.15) is 6.54 Å². The Kier molecular flexibility index (Phi) is 4.48. The summed E-state index contributed by atoms with van der Waals surface area (Å²) >= 11 is 0. The summed E-state index contributed by atoms with van der Waals surface area (Å²) in [5.74, 6) is 0.891. The maximum atomic E-state index is 13.0. The van der Waals surface area contributed by atoms with Crippen molar-refractivity contribution in [3.8, 4) is 0 Å². The van der Waals surface area contributed by atoms with Crippen molar-refractivity contribution in [2.45, 2.75) is 59.2 Å². The summed E-state index contributed by atoms with van der Waals surface area (Å²) in [6, 6.07) is -0.0132. The van der Waals surface area contributed by atoms with Crippen molar-refractivity contribution in [1.29, 1.82) is 0 Å². The molecule has 1 amide bonds. The molecule has 0 aliphatic carbocycles. The Hall–Kier alpha value is -2.28. The average Bonchev–Trinajstić information content (AvgIpc) is 3.23. The van der Waals surface area contributed by atoms with Crippen LogP contribution in [-0.2, 0) is 24.3 Å². The van der Waals surface area contributed by atoms with E-state index in [1.54, 1.807) is 0 Å². The molecule has 4 rings (SSSR count). The quantitative estimate of drug-likeness (QED) is 0.906. The van der Waals surface area contributed by atoms with E-state index in [-0.39, 0.29) is 18.5 Å². The molecule has 1 N–H and O–H groups in total. The van der Waals surface area contributed by atoms with E-state index in [0.29, 0.717) is 0 Å². The first-order chi connectivity index (χ1) is 12.5. The van der Waals surface area contributed by atoms with Crippen molar-refractivity contribution in [2.24, 2.45) is 0 Å². The van der Waals surface area contributed by atoms with E-state index in [2.05, 4.69) is 15.4 Å². The molecule has 2 aliphatic rings. The van der Waals surface area contributed by atoms with Gasteiger partial charge in [0.15, 0.2) is 5.82 Å². The second-order valence-electron chi connectivity index (χ2n) is 7.33. The third-order valence-electron chi connectivity index (χ3n) is 5.73. The fraction of sp³-hybridized carbons (Fsp3) is 0.579. The SMILES string of the molecule is Cc1nn(CC(=O)N2CCC[C@@H]2c2ncc3c(n2)CCNC3)c(C)c1C. The molecular formula is C19H26N6O. The Morgan fingerprint density at radius 2 is 2.19 bits per heavy atom. The molecule has 2 aromatic rings. The lowest BCUT2D eigenvalue weighted by atomic mass is 10.1. The minimum absolute atomic E-state index is 0.0132. The smallest absolute Gasteiger partial charge is 0.244 e. The molecule has 1 fully saturated rings. The highest BCUT2D eigenvalue weighted by molar-refractivity contribution is 5.76. The number of carbonyl (C=O) groups excluding carboxylic acids is 1. The molecule has 7 heteroatoms. The number of hydrogen-bond donors (Lipinski definition) is 1. The summed E-state index contributed by atoms with van der Waals surface area (Å²) < 4.78 is 1.82. The maximum Gasteiger partial charge on any atom is 0.244 e. The number of likely N-dealkylation sites (tertiary alicyclic amines) is 1. The van der Waals surface area contributed by atoms with E-state index < -0.39 is 0 Å². The van der Waals surface area contributed by atoms with Crippen LogP contribution in [0.4, 0.5) is 0 Å². The molecule has 1 atom stereocenters. The van der Waals surface area contributed by atoms with Crippen LogP contribution in [0.5, 0.6) is 0 Å². The van der Waals surface area contributed by atoms with E-state index in [9.17, 15) is 4.79 Å². The predicted molar refractivity (Wildman–Crippen MR) is 97.6 cm³/mol. The molecule has 0 unspecified atom stereocenters. The first kappa shape index (κ1) is 17.1. The number of carbonyl (C=O) groups is 1. The van der Waals surface area contributed by atoms with Gasteiger partial charge in [-0.25, -0.2) is 9.97 Å². The van der Waals surface area contributed by atoms with Crippen molar-refractivity contribution in [3.63, 3.8) is 0 Å². The Morgan fingerprint density at radius 3 is 2.96 bits per heavy atom. The zero-order valence-electron chi connectivity index (χ0n) is 15.7. The molecular weight excluding hydrogens is 328 g/mol. The van der Waals surface area contributed by atoms with E-state index >= 15 is 0 Å². The van der Waals surface area contributed by atoms with Gasteiger partial charge in [0.05, 0.1) is 11.7 Å². The number of hydrogen-bond acceptors (Lipinski definition) is 5. The number of rotatable bonds is 3. The Balaban J connectivity index is 1.54. The fourth-order valence-electron chi connectivity index (χ4n) is 3.91. The highest BCUT2D eigenvalue weighted by Crippen LogP contribution is 2.30. The Bertz CT molecular complexity index is 843. The molecule has 0 bridgehead atoms. The van der Waals surface area contributed by atoms with Crippen molar-refractivity contribution < 1.29 is 4.79 Å². The molecule has 2 aromatic heterocycles. The summed E-state index contributed by atoms with van der Waals surface area (Å²) in [5, 5.41) is 7.85. The summed E-state index contributed by atoms with van der Waals surface area (Å²) in [7, 11) is 0. The third-order valence-corrected chi connectivity index (χ3v) is 5.73. The van der Waals surface area contributed by atoms with Crippen molar-refractivity contribution in [1.82, 2.24) is 30.0 Å². The Morgan fingerprint density at radius 1 is 1.35 bits per heavy atom. The number of nitrogens with one attached hydrogen (secondary N) is 1. The topological polar surface area (TPSA) is 75.9 Å². The van der Waals surface area contributed by atoms with Crippen molar-refractivity contribution >= 4 is 5.91 Å². The van der Waals surface area contributed by atoms with Crippen LogP contribution in [0.25, 0.3) is 0 Å². The number of nitrogens with zero attached hydrogens (tertiary/aromatic N) is 5. The lowest BCUT2D eigenvalue weighted by molar-refractivity contribution is -0.133. The van der Waals surface area contributed by atoms with Gasteiger partial charge in [-0.15, -0.1) is 0 Å². The van der Waals surface area contributed by atoms with Gasteiger partial charge in [-0.1, -0.05) is 0 Å². The monoisotopic (exact) mass is 354 g/mol. The third kappa shape index (κ3) is 3.00. The van der Waals surface area contributed by atoms with Crippen LogP contribution < -0.4 is 5.32 Å². The van der Waals surface area contributed by atoms with Crippen LogP contribution in [0.2, 0.25) is 0 Å². The van der Waals surface area contributed by atoms with E-state index in [4.69, 9.17) is 4.98 Å². The minimum Gasteiger partial charge on any atom is -0.331 e. The lowest BCUT2D eigenvalue weighted by Crippen LogP contribution is -2.35. The van der Waals surface area contributed by atoms with Crippen LogP contribution in [0.1, 0.15) is 52.9 Å². The number of fused-ring (bicyclic) bond motifs is 1. The van der Waals surface area contributed by atoms with Crippen LogP contribution in [-0.4, -0.2) is 43.6 Å². The number of aryl methyl sites for hydroxylation is 1. The molecule has 4 heterocycles. The molecule has 26 heavy (non-hydrogen) atoms. The van der Waals surface area contributed by atoms with Crippen LogP contribution >= 0.6 is 0 Å². The second-order valence-corrected chi connectivity index (χ2v) is 7.33. The normalized spacial score (nSPS) is 19.7. The summed E-state index contributed by atoms with van der Waals surface area (Å²) in [6.45, 7) is 8.89. The highest BCUT2D eigenvalue weighted by Gasteiger charge is 2.33. The maximum absolute atomic E-state index is 13.0. The van der Waals surface area contributed by atoms with Gasteiger partial charge in [0.25, 0.3) is 0 Å². The van der Waals surface area contributed by atoms with Crippen LogP contribution in [0, 0.1) is 20.8 Å². The molecule has 0 radical (unpaired) electrons. The largest absolute Gasteiger partial charge is 0.331 e. The fourth-order valence-corrected chi connectivity index (χ4v) is 3.91. The molecule has 0 spiro atoms. The molecule has 138 valence electrons. The summed E-state index contributed by atoms with van der Waals surface area (Å²) in [4.78, 5) is 24.3. The van der Waals surface area contributed by atoms with Crippen LogP contribution in [0.3, 0.4) is 0 Å². The number of aromatic nitrogens is 4. The van der Waals surface area contributed by atoms with E-state index in [1.807, 2.05) is 36.5 Å². The lowest BCUT2D eigenvalue weighted by Gasteiger charge is -2.25. The average molecular weight is 354 g/mol. The Labute approximate surface area is 153 Å². The van der Waals surface area contributed by atoms with Gasteiger partial charge < -0.3 is 10.2 Å². The number of amides is 1. The summed E-state index contributed by atoms with van der Waals surface area (Å²) in [5.41, 5.74) is 5.50. The minimum atomic E-state index is -0.0132. The standard InChI is InChI=1S/C19H26N6O/c1-12-13(2)23-25(14(12)3)11-18(26)24-8-4-5-17(24)19-21-10-15-9-20-7-6-16(15)22-19/h10,17,20H,4-9,11H2,1-3H3/t17-/m1/s1. The van der Waals surface area contributed by atoms with Gasteiger partial charge in [-0.3, -0.25) is 9.48 Å². The van der Waals surface area contributed by atoms with Gasteiger partial charge in [-0.2, -0.15) is 5.10 Å². The molecule has 7 nitrogen and oxygen atoms in total. The molecule has 2 aliphatic heterocycles. The van der Waals surface area contributed by atoms with Crippen LogP contribution in [0.15, 0.2) is 6.20 Å². The first-order valence-corrected chi connectivity index (χ1v) is 9.40. The second kappa shape index (κ2) is 6.79. The molecule has 1 saturated heterocycles. The first-order valence-electron chi connectivity index (χ1n) is 9.40.